The minimum absolute atomic E-state index is 0.192. The van der Waals surface area contributed by atoms with Gasteiger partial charge >= 0.3 is 0 Å². The molecule has 1 saturated heterocycles. The molecule has 0 saturated carbocycles. The second-order valence-electron chi connectivity index (χ2n) is 8.30. The SMILES string of the molecule is C=C/C=C\c1nc(C(=O)c2ccc(Oc3nccnc3N3CCC[C@@H](CCO)C3)cc2)[nH]c1C. The Morgan fingerprint density at radius 2 is 2.09 bits per heavy atom. The highest BCUT2D eigenvalue weighted by atomic mass is 16.5. The van der Waals surface area contributed by atoms with Crippen molar-refractivity contribution in [1.29, 1.82) is 0 Å². The van der Waals surface area contributed by atoms with Crippen LogP contribution < -0.4 is 9.64 Å². The number of hydrogen-bond acceptors (Lipinski definition) is 7. The van der Waals surface area contributed by atoms with Crippen molar-refractivity contribution in [3.8, 4) is 11.6 Å². The molecule has 2 aromatic heterocycles. The Morgan fingerprint density at radius 1 is 1.29 bits per heavy atom. The molecular weight excluding hydrogens is 430 g/mol. The summed E-state index contributed by atoms with van der Waals surface area (Å²) in [5.74, 6) is 2.19. The molecule has 0 amide bonds. The fourth-order valence-electron chi connectivity index (χ4n) is 4.11. The number of nitrogens with one attached hydrogen (secondary N) is 1. The second-order valence-corrected chi connectivity index (χ2v) is 8.30. The minimum Gasteiger partial charge on any atom is -0.436 e. The summed E-state index contributed by atoms with van der Waals surface area (Å²) in [5, 5.41) is 9.30. The lowest BCUT2D eigenvalue weighted by Crippen LogP contribution is -2.36. The third-order valence-corrected chi connectivity index (χ3v) is 5.86. The average Bonchev–Trinajstić information content (AvgIpc) is 3.24. The highest BCUT2D eigenvalue weighted by Crippen LogP contribution is 2.31. The third-order valence-electron chi connectivity index (χ3n) is 5.86. The number of aromatic amines is 1. The number of hydrogen-bond donors (Lipinski definition) is 2. The predicted molar refractivity (Wildman–Crippen MR) is 131 cm³/mol. The number of anilines is 1. The summed E-state index contributed by atoms with van der Waals surface area (Å²) in [6.45, 7) is 7.40. The number of aromatic nitrogens is 4. The molecule has 0 spiro atoms. The zero-order valence-electron chi connectivity index (χ0n) is 19.3. The van der Waals surface area contributed by atoms with Gasteiger partial charge < -0.3 is 19.7 Å². The van der Waals surface area contributed by atoms with Gasteiger partial charge in [-0.05, 0) is 62.4 Å². The lowest BCUT2D eigenvalue weighted by molar-refractivity contribution is 0.103. The Hall–Kier alpha value is -3.78. The van der Waals surface area contributed by atoms with E-state index in [4.69, 9.17) is 4.74 Å². The van der Waals surface area contributed by atoms with E-state index in [1.807, 2.05) is 6.92 Å². The molecule has 0 aliphatic carbocycles. The van der Waals surface area contributed by atoms with E-state index >= 15 is 0 Å². The standard InChI is InChI=1S/C26H29N5O3/c1-3-4-7-22-18(2)29-24(30-22)23(33)20-8-10-21(11-9-20)34-26-25(27-13-14-28-26)31-15-5-6-19(17-31)12-16-32/h3-4,7-11,13-14,19,32H,1,5-6,12,15-17H2,2H3,(H,29,30)/b7-4-/t19-/m0/s1. The Morgan fingerprint density at radius 3 is 2.85 bits per heavy atom. The first-order valence-electron chi connectivity index (χ1n) is 11.4. The number of aryl methyl sites for hydroxylation is 1. The maximum Gasteiger partial charge on any atom is 0.263 e. The molecule has 2 N–H and O–H groups in total. The molecule has 1 fully saturated rings. The molecule has 1 atom stereocenters. The van der Waals surface area contributed by atoms with Gasteiger partial charge in [-0.1, -0.05) is 18.7 Å². The zero-order chi connectivity index (χ0) is 23.9. The molecule has 1 aliphatic heterocycles. The summed E-state index contributed by atoms with van der Waals surface area (Å²) in [5.41, 5.74) is 2.02. The molecule has 0 radical (unpaired) electrons. The lowest BCUT2D eigenvalue weighted by Gasteiger charge is -2.33. The summed E-state index contributed by atoms with van der Waals surface area (Å²) in [6, 6.07) is 6.90. The summed E-state index contributed by atoms with van der Waals surface area (Å²) in [4.78, 5) is 31.4. The number of rotatable bonds is 9. The number of piperidine rings is 1. The van der Waals surface area contributed by atoms with E-state index in [0.717, 1.165) is 38.0 Å². The Balaban J connectivity index is 1.48. The largest absolute Gasteiger partial charge is 0.436 e. The van der Waals surface area contributed by atoms with Crippen LogP contribution in [0.1, 0.15) is 46.8 Å². The van der Waals surface area contributed by atoms with E-state index in [1.54, 1.807) is 54.9 Å². The highest BCUT2D eigenvalue weighted by molar-refractivity contribution is 6.06. The first-order valence-corrected chi connectivity index (χ1v) is 11.4. The van der Waals surface area contributed by atoms with E-state index in [2.05, 4.69) is 31.4 Å². The number of nitrogens with zero attached hydrogens (tertiary/aromatic N) is 4. The van der Waals surface area contributed by atoms with Crippen molar-refractivity contribution < 1.29 is 14.6 Å². The lowest BCUT2D eigenvalue weighted by atomic mass is 9.95. The number of aliphatic hydroxyl groups excluding tert-OH is 1. The second kappa shape index (κ2) is 10.9. The first-order chi connectivity index (χ1) is 16.6. The Kier molecular flexibility index (Phi) is 7.49. The summed E-state index contributed by atoms with van der Waals surface area (Å²) < 4.78 is 6.05. The smallest absolute Gasteiger partial charge is 0.263 e. The van der Waals surface area contributed by atoms with Gasteiger partial charge in [-0.15, -0.1) is 0 Å². The van der Waals surface area contributed by atoms with Gasteiger partial charge in [-0.2, -0.15) is 0 Å². The van der Waals surface area contributed by atoms with Crippen LogP contribution in [0.4, 0.5) is 5.82 Å². The Bertz CT molecular complexity index is 1170. The predicted octanol–water partition coefficient (Wildman–Crippen LogP) is 4.33. The van der Waals surface area contributed by atoms with Crippen molar-refractivity contribution >= 4 is 17.7 Å². The average molecular weight is 460 g/mol. The summed E-state index contributed by atoms with van der Waals surface area (Å²) in [6.07, 6.45) is 11.4. The van der Waals surface area contributed by atoms with E-state index in [0.29, 0.717) is 34.6 Å². The van der Waals surface area contributed by atoms with Crippen molar-refractivity contribution in [3.63, 3.8) is 0 Å². The van der Waals surface area contributed by atoms with Crippen LogP contribution >= 0.6 is 0 Å². The van der Waals surface area contributed by atoms with Crippen LogP contribution in [-0.4, -0.2) is 50.5 Å². The quantitative estimate of drug-likeness (QED) is 0.362. The number of H-pyrrole nitrogens is 1. The van der Waals surface area contributed by atoms with E-state index in [1.165, 1.54) is 0 Å². The molecule has 1 aromatic carbocycles. The summed E-state index contributed by atoms with van der Waals surface area (Å²) in [7, 11) is 0. The van der Waals surface area contributed by atoms with Crippen molar-refractivity contribution in [2.75, 3.05) is 24.6 Å². The number of ketones is 1. The van der Waals surface area contributed by atoms with E-state index < -0.39 is 0 Å². The van der Waals surface area contributed by atoms with Crippen LogP contribution in [0.5, 0.6) is 11.6 Å². The van der Waals surface area contributed by atoms with Crippen molar-refractivity contribution in [2.45, 2.75) is 26.2 Å². The molecule has 4 rings (SSSR count). The molecule has 176 valence electrons. The molecule has 8 nitrogen and oxygen atoms in total. The number of carbonyl (C=O) groups is 1. The van der Waals surface area contributed by atoms with Crippen LogP contribution in [0.3, 0.4) is 0 Å². The van der Waals surface area contributed by atoms with Gasteiger partial charge in [0, 0.05) is 43.3 Å². The topological polar surface area (TPSA) is 104 Å². The van der Waals surface area contributed by atoms with Gasteiger partial charge in [0.1, 0.15) is 5.75 Å². The number of benzene rings is 1. The van der Waals surface area contributed by atoms with Gasteiger partial charge in [0.25, 0.3) is 5.88 Å². The number of aliphatic hydroxyl groups is 1. The zero-order valence-corrected chi connectivity index (χ0v) is 19.3. The number of carbonyl (C=O) groups excluding carboxylic acids is 1. The molecular formula is C26H29N5O3. The van der Waals surface area contributed by atoms with Crippen molar-refractivity contribution in [1.82, 2.24) is 19.9 Å². The monoisotopic (exact) mass is 459 g/mol. The molecule has 0 bridgehead atoms. The third kappa shape index (κ3) is 5.40. The van der Waals surface area contributed by atoms with Crippen LogP contribution in [-0.2, 0) is 0 Å². The van der Waals surface area contributed by atoms with Gasteiger partial charge in [-0.25, -0.2) is 15.0 Å². The van der Waals surface area contributed by atoms with Crippen LogP contribution in [0.2, 0.25) is 0 Å². The van der Waals surface area contributed by atoms with Gasteiger partial charge in [0.2, 0.25) is 5.78 Å². The van der Waals surface area contributed by atoms with Crippen LogP contribution in [0, 0.1) is 12.8 Å². The molecule has 0 unspecified atom stereocenters. The number of ether oxygens (including phenoxy) is 1. The highest BCUT2D eigenvalue weighted by Gasteiger charge is 2.24. The van der Waals surface area contributed by atoms with Crippen LogP contribution in [0.15, 0.2) is 55.4 Å². The summed E-state index contributed by atoms with van der Waals surface area (Å²) >= 11 is 0. The van der Waals surface area contributed by atoms with Crippen molar-refractivity contribution in [2.24, 2.45) is 5.92 Å². The van der Waals surface area contributed by atoms with Crippen molar-refractivity contribution in [3.05, 3.63) is 78.2 Å². The van der Waals surface area contributed by atoms with Gasteiger partial charge in [0.15, 0.2) is 11.6 Å². The molecule has 3 aromatic rings. The maximum absolute atomic E-state index is 12.9. The molecule has 34 heavy (non-hydrogen) atoms. The van der Waals surface area contributed by atoms with E-state index in [9.17, 15) is 9.90 Å². The van der Waals surface area contributed by atoms with E-state index in [-0.39, 0.29) is 18.2 Å². The normalized spacial score (nSPS) is 16.1. The van der Waals surface area contributed by atoms with Gasteiger partial charge in [-0.3, -0.25) is 4.79 Å². The Labute approximate surface area is 199 Å². The number of allylic oxidation sites excluding steroid dienone is 2. The molecule has 3 heterocycles. The van der Waals surface area contributed by atoms with Gasteiger partial charge in [0.05, 0.1) is 5.69 Å². The number of imidazole rings is 1. The maximum atomic E-state index is 12.9. The van der Waals surface area contributed by atoms with Crippen LogP contribution in [0.25, 0.3) is 6.08 Å². The first kappa shape index (κ1) is 23.4. The fourth-order valence-corrected chi connectivity index (χ4v) is 4.11. The fraction of sp³-hybridized carbons (Fsp3) is 0.308. The minimum atomic E-state index is -0.198. The molecule has 8 heteroatoms. The molecule has 1 aliphatic rings.